The van der Waals surface area contributed by atoms with Gasteiger partial charge in [-0.05, 0) is 59.0 Å². The Kier molecular flexibility index (Phi) is 6.19. The number of para-hydroxylation sites is 1. The van der Waals surface area contributed by atoms with Crippen LogP contribution >= 0.6 is 22.6 Å². The Labute approximate surface area is 174 Å². The van der Waals surface area contributed by atoms with E-state index in [4.69, 9.17) is 10.1 Å². The van der Waals surface area contributed by atoms with Crippen LogP contribution in [0.4, 0.5) is 10.1 Å². The lowest BCUT2D eigenvalue weighted by Crippen LogP contribution is -2.21. The first-order valence-corrected chi connectivity index (χ1v) is 9.28. The molecule has 0 aliphatic carbocycles. The molecule has 1 aromatic heterocycles. The number of aromatic nitrogens is 2. The van der Waals surface area contributed by atoms with Crippen LogP contribution in [0, 0.1) is 14.8 Å². The minimum Gasteiger partial charge on any atom is -0.491 e. The van der Waals surface area contributed by atoms with Gasteiger partial charge in [-0.1, -0.05) is 18.2 Å². The van der Waals surface area contributed by atoms with E-state index in [1.807, 2.05) is 52.9 Å². The molecule has 3 rings (SSSR count). The predicted octanol–water partition coefficient (Wildman–Crippen LogP) is 4.09. The van der Waals surface area contributed by atoms with Gasteiger partial charge in [-0.3, -0.25) is 4.79 Å². The summed E-state index contributed by atoms with van der Waals surface area (Å²) in [5, 5.41) is 14.8. The van der Waals surface area contributed by atoms with Gasteiger partial charge >= 0.3 is 0 Å². The monoisotopic (exact) mass is 490 g/mol. The molecule has 0 bridgehead atoms. The van der Waals surface area contributed by atoms with Crippen molar-refractivity contribution in [3.63, 3.8) is 0 Å². The molecule has 0 aliphatic rings. The molecule has 2 aromatic carbocycles. The fourth-order valence-corrected chi connectivity index (χ4v) is 2.97. The minimum atomic E-state index is -0.482. The summed E-state index contributed by atoms with van der Waals surface area (Å²) in [7, 11) is 1.36. The summed E-state index contributed by atoms with van der Waals surface area (Å²) >= 11 is 2.01. The second kappa shape index (κ2) is 8.79. The highest BCUT2D eigenvalue weighted by molar-refractivity contribution is 14.1. The van der Waals surface area contributed by atoms with Gasteiger partial charge in [0, 0.05) is 15.5 Å². The third kappa shape index (κ3) is 4.28. The lowest BCUT2D eigenvalue weighted by atomic mass is 10.2. The molecule has 142 valence electrons. The number of nitrogens with zero attached hydrogens (tertiary/aromatic N) is 2. The molecular formula is C20H16FIN4O2. The number of halogens is 2. The molecule has 8 heteroatoms. The molecule has 6 nitrogen and oxygen atoms in total. The molecule has 0 unspecified atom stereocenters. The van der Waals surface area contributed by atoms with Gasteiger partial charge in [0.25, 0.3) is 5.43 Å². The first-order chi connectivity index (χ1) is 13.5. The number of anilines is 1. The summed E-state index contributed by atoms with van der Waals surface area (Å²) in [4.78, 5) is 12.8. The number of hydrogen-bond donors (Lipinski definition) is 2. The van der Waals surface area contributed by atoms with Crippen LogP contribution in [0.15, 0.2) is 65.6 Å². The zero-order valence-electron chi connectivity index (χ0n) is 14.8. The fraction of sp³-hybridized carbons (Fsp3) is 0.0500. The van der Waals surface area contributed by atoms with Crippen LogP contribution in [0.5, 0.6) is 5.75 Å². The number of rotatable bonds is 6. The van der Waals surface area contributed by atoms with E-state index in [-0.39, 0.29) is 17.1 Å². The van der Waals surface area contributed by atoms with Gasteiger partial charge in [0.15, 0.2) is 11.4 Å². The molecule has 0 saturated heterocycles. The number of nitrogens with one attached hydrogen (secondary N) is 2. The van der Waals surface area contributed by atoms with Crippen LogP contribution in [0.1, 0.15) is 5.69 Å². The highest BCUT2D eigenvalue weighted by atomic mass is 127. The van der Waals surface area contributed by atoms with E-state index in [0.29, 0.717) is 11.4 Å². The summed E-state index contributed by atoms with van der Waals surface area (Å²) in [5.41, 5.74) is 0.719. The molecule has 0 radical (unpaired) electrons. The third-order valence-corrected chi connectivity index (χ3v) is 4.49. The van der Waals surface area contributed by atoms with Gasteiger partial charge in [-0.15, -0.1) is 0 Å². The van der Waals surface area contributed by atoms with Crippen molar-refractivity contribution >= 4 is 40.2 Å². The Morgan fingerprint density at radius 1 is 1.29 bits per heavy atom. The van der Waals surface area contributed by atoms with Crippen LogP contribution < -0.4 is 15.5 Å². The summed E-state index contributed by atoms with van der Waals surface area (Å²) in [6, 6.07) is 13.8. The highest BCUT2D eigenvalue weighted by Crippen LogP contribution is 2.20. The highest BCUT2D eigenvalue weighted by Gasteiger charge is 2.17. The van der Waals surface area contributed by atoms with Gasteiger partial charge in [0.05, 0.1) is 19.0 Å². The molecule has 0 spiro atoms. The van der Waals surface area contributed by atoms with Gasteiger partial charge < -0.3 is 15.5 Å². The summed E-state index contributed by atoms with van der Waals surface area (Å²) in [6.07, 6.45) is 3.79. The fourth-order valence-electron chi connectivity index (χ4n) is 2.52. The van der Waals surface area contributed by atoms with Crippen LogP contribution in [0.25, 0.3) is 11.4 Å². The number of ether oxygens (including phenoxy) is 1. The largest absolute Gasteiger partial charge is 0.491 e. The molecule has 1 heterocycles. The first kappa shape index (κ1) is 19.7. The number of hydrogen-bond acceptors (Lipinski definition) is 5. The van der Waals surface area contributed by atoms with Crippen molar-refractivity contribution in [2.24, 2.45) is 0 Å². The van der Waals surface area contributed by atoms with Crippen LogP contribution in [-0.4, -0.2) is 23.1 Å². The Balaban J connectivity index is 2.17. The van der Waals surface area contributed by atoms with Crippen molar-refractivity contribution in [1.29, 1.82) is 5.41 Å². The lowest BCUT2D eigenvalue weighted by molar-refractivity contribution is 0.404. The second-order valence-corrected chi connectivity index (χ2v) is 6.90. The van der Waals surface area contributed by atoms with E-state index in [1.165, 1.54) is 30.1 Å². The Morgan fingerprint density at radius 3 is 2.68 bits per heavy atom. The Bertz CT molecular complexity index is 1100. The average Bonchev–Trinajstić information content (AvgIpc) is 2.69. The number of methoxy groups -OCH3 is 1. The third-order valence-electron chi connectivity index (χ3n) is 3.82. The molecule has 0 atom stereocenters. The molecule has 28 heavy (non-hydrogen) atoms. The zero-order valence-corrected chi connectivity index (χ0v) is 17.0. The van der Waals surface area contributed by atoms with Crippen molar-refractivity contribution in [3.8, 4) is 11.4 Å². The van der Waals surface area contributed by atoms with Crippen LogP contribution in [0.2, 0.25) is 0 Å². The van der Waals surface area contributed by atoms with E-state index < -0.39 is 11.2 Å². The van der Waals surface area contributed by atoms with E-state index >= 15 is 0 Å². The lowest BCUT2D eigenvalue weighted by Gasteiger charge is -2.14. The van der Waals surface area contributed by atoms with Crippen molar-refractivity contribution < 1.29 is 9.13 Å². The summed E-state index contributed by atoms with van der Waals surface area (Å²) in [5.74, 6) is -0.474. The summed E-state index contributed by atoms with van der Waals surface area (Å²) in [6.45, 7) is 0. The molecule has 0 amide bonds. The Morgan fingerprint density at radius 2 is 2.04 bits per heavy atom. The maximum atomic E-state index is 14.4. The molecule has 0 saturated carbocycles. The summed E-state index contributed by atoms with van der Waals surface area (Å²) < 4.78 is 21.6. The topological polar surface area (TPSA) is 80.0 Å². The molecule has 3 aromatic rings. The second-order valence-electron chi connectivity index (χ2n) is 5.65. The minimum absolute atomic E-state index is 0.00431. The van der Waals surface area contributed by atoms with Crippen molar-refractivity contribution in [1.82, 2.24) is 9.78 Å². The maximum absolute atomic E-state index is 14.4. The van der Waals surface area contributed by atoms with Crippen molar-refractivity contribution in [2.45, 2.75) is 0 Å². The predicted molar refractivity (Wildman–Crippen MR) is 116 cm³/mol. The normalized spacial score (nSPS) is 11.2. The van der Waals surface area contributed by atoms with Crippen molar-refractivity contribution in [2.75, 3.05) is 12.4 Å². The quantitative estimate of drug-likeness (QED) is 0.403. The molecule has 2 N–H and O–H groups in total. The van der Waals surface area contributed by atoms with Gasteiger partial charge in [-0.2, -0.15) is 5.10 Å². The molecule has 0 fully saturated rings. The smallest absolute Gasteiger partial charge is 0.251 e. The van der Waals surface area contributed by atoms with Gasteiger partial charge in [0.2, 0.25) is 0 Å². The van der Waals surface area contributed by atoms with Gasteiger partial charge in [0.1, 0.15) is 11.5 Å². The van der Waals surface area contributed by atoms with E-state index in [9.17, 15) is 9.18 Å². The zero-order chi connectivity index (χ0) is 20.1. The maximum Gasteiger partial charge on any atom is 0.251 e. The van der Waals surface area contributed by atoms with Crippen LogP contribution in [0.3, 0.4) is 0 Å². The SMILES string of the molecule is COc1cn(-c2ccc(I)cc2F)nc(/C(=C/C=N)Nc2ccccc2)c1=O. The average molecular weight is 490 g/mol. The molecular weight excluding hydrogens is 474 g/mol. The van der Waals surface area contributed by atoms with E-state index in [1.54, 1.807) is 12.1 Å². The number of allylic oxidation sites excluding steroid dienone is 1. The van der Waals surface area contributed by atoms with Crippen molar-refractivity contribution in [3.05, 3.63) is 86.1 Å². The number of benzene rings is 2. The standard InChI is InChI=1S/C20H16FIN4O2/c1-28-18-12-26(17-8-7-13(22)11-15(17)21)25-19(20(18)27)16(9-10-23)24-14-5-3-2-4-6-14/h2-12,23-24H,1H3/b16-9-,23-10?. The first-order valence-electron chi connectivity index (χ1n) is 8.20. The van der Waals surface area contributed by atoms with Gasteiger partial charge in [-0.25, -0.2) is 9.07 Å². The van der Waals surface area contributed by atoms with E-state index in [0.717, 1.165) is 9.78 Å². The van der Waals surface area contributed by atoms with E-state index in [2.05, 4.69) is 10.4 Å². The molecule has 0 aliphatic heterocycles. The Hall–Kier alpha value is -3.01. The van der Waals surface area contributed by atoms with Crippen LogP contribution in [-0.2, 0) is 0 Å².